The van der Waals surface area contributed by atoms with E-state index < -0.39 is 15.7 Å². The quantitative estimate of drug-likeness (QED) is 0.790. The van der Waals surface area contributed by atoms with E-state index in [1.807, 2.05) is 0 Å². The first-order valence-electron chi connectivity index (χ1n) is 6.51. The maximum absolute atomic E-state index is 12.3. The number of halogens is 1. The fraction of sp³-hybridized carbons (Fsp3) is 1.00. The Labute approximate surface area is 114 Å². The van der Waals surface area contributed by atoms with E-state index in [1.54, 1.807) is 0 Å². The van der Waals surface area contributed by atoms with Crippen LogP contribution in [0.1, 0.15) is 32.1 Å². The molecule has 0 aromatic heterocycles. The number of rotatable bonds is 4. The standard InChI is InChI=1S/C11H21ClN2O3S/c12-10-11(4-2-1-3-5-11)13-18(15,16)14-6-8-17-9-7-14/h13H,1-10H2. The first-order valence-corrected chi connectivity index (χ1v) is 8.48. The molecule has 0 unspecified atom stereocenters. The van der Waals surface area contributed by atoms with Crippen molar-refractivity contribution < 1.29 is 13.2 Å². The minimum Gasteiger partial charge on any atom is -0.379 e. The van der Waals surface area contributed by atoms with Crippen LogP contribution in [0.3, 0.4) is 0 Å². The highest BCUT2D eigenvalue weighted by Gasteiger charge is 2.37. The molecule has 0 aromatic carbocycles. The number of nitrogens with one attached hydrogen (secondary N) is 1. The first-order chi connectivity index (χ1) is 8.58. The zero-order chi connectivity index (χ0) is 13.1. The molecular weight excluding hydrogens is 276 g/mol. The monoisotopic (exact) mass is 296 g/mol. The molecule has 1 aliphatic heterocycles. The summed E-state index contributed by atoms with van der Waals surface area (Å²) >= 11 is 6.01. The van der Waals surface area contributed by atoms with Crippen LogP contribution in [0.25, 0.3) is 0 Å². The van der Waals surface area contributed by atoms with E-state index in [-0.39, 0.29) is 0 Å². The van der Waals surface area contributed by atoms with Gasteiger partial charge in [0.25, 0.3) is 10.2 Å². The second kappa shape index (κ2) is 6.05. The summed E-state index contributed by atoms with van der Waals surface area (Å²) < 4.78 is 34.1. The van der Waals surface area contributed by atoms with E-state index in [4.69, 9.17) is 16.3 Å². The van der Waals surface area contributed by atoms with Gasteiger partial charge < -0.3 is 4.74 Å². The van der Waals surface area contributed by atoms with Crippen molar-refractivity contribution in [3.8, 4) is 0 Å². The van der Waals surface area contributed by atoms with Gasteiger partial charge in [0.1, 0.15) is 0 Å². The summed E-state index contributed by atoms with van der Waals surface area (Å²) in [5.41, 5.74) is -0.447. The van der Waals surface area contributed by atoms with Crippen LogP contribution in [0.15, 0.2) is 0 Å². The molecule has 2 fully saturated rings. The van der Waals surface area contributed by atoms with E-state index in [9.17, 15) is 8.42 Å². The lowest BCUT2D eigenvalue weighted by Crippen LogP contribution is -2.57. The Kier molecular flexibility index (Phi) is 4.88. The number of alkyl halides is 1. The van der Waals surface area contributed by atoms with Gasteiger partial charge in [-0.05, 0) is 12.8 Å². The largest absolute Gasteiger partial charge is 0.379 e. The zero-order valence-corrected chi connectivity index (χ0v) is 12.1. The van der Waals surface area contributed by atoms with Crippen LogP contribution in [0.4, 0.5) is 0 Å². The molecule has 106 valence electrons. The van der Waals surface area contributed by atoms with Gasteiger partial charge >= 0.3 is 0 Å². The maximum Gasteiger partial charge on any atom is 0.280 e. The lowest BCUT2D eigenvalue weighted by Gasteiger charge is -2.38. The number of nitrogens with zero attached hydrogens (tertiary/aromatic N) is 1. The third-order valence-corrected chi connectivity index (χ3v) is 5.97. The predicted octanol–water partition coefficient (Wildman–Crippen LogP) is 1.09. The van der Waals surface area contributed by atoms with Gasteiger partial charge in [0, 0.05) is 24.5 Å². The van der Waals surface area contributed by atoms with Gasteiger partial charge in [-0.3, -0.25) is 0 Å². The first kappa shape index (κ1) is 14.5. The summed E-state index contributed by atoms with van der Waals surface area (Å²) in [6.45, 7) is 1.78. The van der Waals surface area contributed by atoms with Gasteiger partial charge in [-0.2, -0.15) is 17.4 Å². The molecule has 5 nitrogen and oxygen atoms in total. The molecule has 0 aromatic rings. The Balaban J connectivity index is 2.05. The smallest absolute Gasteiger partial charge is 0.280 e. The molecule has 18 heavy (non-hydrogen) atoms. The Morgan fingerprint density at radius 1 is 1.17 bits per heavy atom. The fourth-order valence-corrected chi connectivity index (χ4v) is 4.61. The van der Waals surface area contributed by atoms with Crippen LogP contribution < -0.4 is 4.72 Å². The lowest BCUT2D eigenvalue weighted by molar-refractivity contribution is 0.0717. The van der Waals surface area contributed by atoms with E-state index in [0.717, 1.165) is 32.1 Å². The van der Waals surface area contributed by atoms with Gasteiger partial charge in [0.2, 0.25) is 0 Å². The fourth-order valence-electron chi connectivity index (χ4n) is 2.62. The predicted molar refractivity (Wildman–Crippen MR) is 71.0 cm³/mol. The second-order valence-electron chi connectivity index (χ2n) is 5.09. The maximum atomic E-state index is 12.3. The average molecular weight is 297 g/mol. The van der Waals surface area contributed by atoms with E-state index in [0.29, 0.717) is 32.2 Å². The highest BCUT2D eigenvalue weighted by Crippen LogP contribution is 2.30. The summed E-state index contributed by atoms with van der Waals surface area (Å²) in [5, 5.41) is 0. The molecule has 2 aliphatic rings. The number of hydrogen-bond donors (Lipinski definition) is 1. The lowest BCUT2D eigenvalue weighted by atomic mass is 9.84. The van der Waals surface area contributed by atoms with Crippen molar-refractivity contribution in [2.75, 3.05) is 32.2 Å². The van der Waals surface area contributed by atoms with Crippen molar-refractivity contribution in [3.63, 3.8) is 0 Å². The van der Waals surface area contributed by atoms with Crippen LogP contribution in [0, 0.1) is 0 Å². The molecule has 1 saturated carbocycles. The van der Waals surface area contributed by atoms with Crippen molar-refractivity contribution in [2.45, 2.75) is 37.6 Å². The number of hydrogen-bond acceptors (Lipinski definition) is 3. The second-order valence-corrected chi connectivity index (χ2v) is 7.03. The summed E-state index contributed by atoms with van der Waals surface area (Å²) in [6.07, 6.45) is 4.91. The van der Waals surface area contributed by atoms with Crippen molar-refractivity contribution in [2.24, 2.45) is 0 Å². The molecular formula is C11H21ClN2O3S. The van der Waals surface area contributed by atoms with E-state index in [1.165, 1.54) is 4.31 Å². The van der Waals surface area contributed by atoms with Gasteiger partial charge in [-0.25, -0.2) is 0 Å². The molecule has 0 bridgehead atoms. The van der Waals surface area contributed by atoms with E-state index in [2.05, 4.69) is 4.72 Å². The van der Waals surface area contributed by atoms with Gasteiger partial charge in [-0.1, -0.05) is 19.3 Å². The molecule has 2 rings (SSSR count). The molecule has 7 heteroatoms. The minimum absolute atomic E-state index is 0.344. The number of ether oxygens (including phenoxy) is 1. The van der Waals surface area contributed by atoms with Crippen LogP contribution in [0.2, 0.25) is 0 Å². The van der Waals surface area contributed by atoms with Crippen LogP contribution in [-0.4, -0.2) is 50.4 Å². The molecule has 1 heterocycles. The topological polar surface area (TPSA) is 58.6 Å². The SMILES string of the molecule is O=S(=O)(NC1(CCl)CCCCC1)N1CCOCC1. The minimum atomic E-state index is -3.43. The highest BCUT2D eigenvalue weighted by molar-refractivity contribution is 7.87. The summed E-state index contributed by atoms with van der Waals surface area (Å²) in [4.78, 5) is 0. The van der Waals surface area contributed by atoms with Crippen LogP contribution in [0.5, 0.6) is 0 Å². The van der Waals surface area contributed by atoms with Crippen LogP contribution in [-0.2, 0) is 14.9 Å². The molecule has 1 aliphatic carbocycles. The molecule has 0 atom stereocenters. The van der Waals surface area contributed by atoms with Crippen molar-refractivity contribution in [1.82, 2.24) is 9.03 Å². The van der Waals surface area contributed by atoms with Crippen LogP contribution >= 0.6 is 11.6 Å². The molecule has 1 saturated heterocycles. The van der Waals surface area contributed by atoms with Gasteiger partial charge in [0.05, 0.1) is 13.2 Å². The third kappa shape index (κ3) is 3.36. The summed E-state index contributed by atoms with van der Waals surface area (Å²) in [6, 6.07) is 0. The van der Waals surface area contributed by atoms with Gasteiger partial charge in [0.15, 0.2) is 0 Å². The van der Waals surface area contributed by atoms with Crippen molar-refractivity contribution >= 4 is 21.8 Å². The normalized spacial score (nSPS) is 26.1. The van der Waals surface area contributed by atoms with E-state index >= 15 is 0 Å². The Bertz CT molecular complexity index is 362. The average Bonchev–Trinajstić information content (AvgIpc) is 2.40. The highest BCUT2D eigenvalue weighted by atomic mass is 35.5. The third-order valence-electron chi connectivity index (χ3n) is 3.72. The van der Waals surface area contributed by atoms with Crippen molar-refractivity contribution in [3.05, 3.63) is 0 Å². The van der Waals surface area contributed by atoms with Gasteiger partial charge in [-0.15, -0.1) is 11.6 Å². The summed E-state index contributed by atoms with van der Waals surface area (Å²) in [5.74, 6) is 0.344. The zero-order valence-electron chi connectivity index (χ0n) is 10.5. The Hall–Kier alpha value is 0.120. The summed E-state index contributed by atoms with van der Waals surface area (Å²) in [7, 11) is -3.43. The van der Waals surface area contributed by atoms with Crippen molar-refractivity contribution in [1.29, 1.82) is 0 Å². The Morgan fingerprint density at radius 3 is 2.33 bits per heavy atom. The molecule has 0 spiro atoms. The number of morpholine rings is 1. The molecule has 0 radical (unpaired) electrons. The molecule has 0 amide bonds. The Morgan fingerprint density at radius 2 is 1.78 bits per heavy atom. The molecule has 1 N–H and O–H groups in total.